The highest BCUT2D eigenvalue weighted by molar-refractivity contribution is 9.10. The molecule has 6 heteroatoms. The smallest absolute Gasteiger partial charge is 0.238 e. The Kier molecular flexibility index (Phi) is 5.30. The van der Waals surface area contributed by atoms with Gasteiger partial charge in [-0.2, -0.15) is 0 Å². The Labute approximate surface area is 121 Å². The molecular formula is C13H19BrN4O. The molecule has 1 aliphatic rings. The molecule has 1 aromatic rings. The van der Waals surface area contributed by atoms with Crippen LogP contribution < -0.4 is 10.6 Å². The van der Waals surface area contributed by atoms with Crippen LogP contribution in [0.3, 0.4) is 0 Å². The van der Waals surface area contributed by atoms with E-state index < -0.39 is 0 Å². The van der Waals surface area contributed by atoms with Crippen LogP contribution in [0.2, 0.25) is 0 Å². The second-order valence-electron chi connectivity index (χ2n) is 4.69. The minimum absolute atomic E-state index is 0.0223. The lowest BCUT2D eigenvalue weighted by atomic mass is 10.3. The Morgan fingerprint density at radius 3 is 3.11 bits per heavy atom. The fourth-order valence-electron chi connectivity index (χ4n) is 2.12. The number of halogens is 1. The molecule has 0 radical (unpaired) electrons. The largest absolute Gasteiger partial charge is 0.323 e. The number of nitrogens with one attached hydrogen (secondary N) is 2. The van der Waals surface area contributed by atoms with Crippen LogP contribution in [0, 0.1) is 6.92 Å². The van der Waals surface area contributed by atoms with Crippen LogP contribution in [0.15, 0.2) is 16.7 Å². The first-order valence-corrected chi connectivity index (χ1v) is 7.30. The first-order chi connectivity index (χ1) is 9.15. The molecule has 2 heterocycles. The lowest BCUT2D eigenvalue weighted by Crippen LogP contribution is -2.35. The molecule has 104 valence electrons. The highest BCUT2D eigenvalue weighted by atomic mass is 79.9. The van der Waals surface area contributed by atoms with Gasteiger partial charge in [0.05, 0.1) is 17.9 Å². The summed E-state index contributed by atoms with van der Waals surface area (Å²) in [6, 6.07) is 3.70. The summed E-state index contributed by atoms with van der Waals surface area (Å²) in [7, 11) is 0. The highest BCUT2D eigenvalue weighted by Crippen LogP contribution is 2.16. The Hall–Kier alpha value is -0.980. The summed E-state index contributed by atoms with van der Waals surface area (Å²) in [6.07, 6.45) is 1.09. The second kappa shape index (κ2) is 6.98. The van der Waals surface area contributed by atoms with Gasteiger partial charge < -0.3 is 10.6 Å². The molecule has 19 heavy (non-hydrogen) atoms. The predicted octanol–water partition coefficient (Wildman–Crippen LogP) is 1.39. The molecule has 0 atom stereocenters. The minimum atomic E-state index is 0.0223. The Morgan fingerprint density at radius 2 is 2.32 bits per heavy atom. The van der Waals surface area contributed by atoms with E-state index in [1.165, 1.54) is 0 Å². The van der Waals surface area contributed by atoms with Crippen LogP contribution in [0.1, 0.15) is 12.1 Å². The van der Waals surface area contributed by atoms with Gasteiger partial charge in [0, 0.05) is 13.1 Å². The summed E-state index contributed by atoms with van der Waals surface area (Å²) in [5.41, 5.74) is 1.60. The van der Waals surface area contributed by atoms with Crippen molar-refractivity contribution < 1.29 is 4.79 Å². The summed E-state index contributed by atoms with van der Waals surface area (Å²) in [6.45, 7) is 6.20. The number of pyridine rings is 1. The van der Waals surface area contributed by atoms with Crippen LogP contribution in [0.4, 0.5) is 5.69 Å². The van der Waals surface area contributed by atoms with Crippen LogP contribution in [0.5, 0.6) is 0 Å². The number of nitrogens with zero attached hydrogens (tertiary/aromatic N) is 2. The summed E-state index contributed by atoms with van der Waals surface area (Å²) < 4.78 is 0.779. The van der Waals surface area contributed by atoms with Crippen LogP contribution in [-0.4, -0.2) is 48.5 Å². The van der Waals surface area contributed by atoms with Crippen molar-refractivity contribution in [1.82, 2.24) is 15.2 Å². The quantitative estimate of drug-likeness (QED) is 0.824. The third-order valence-corrected chi connectivity index (χ3v) is 3.57. The van der Waals surface area contributed by atoms with Gasteiger partial charge in [0.2, 0.25) is 5.91 Å². The summed E-state index contributed by atoms with van der Waals surface area (Å²) in [4.78, 5) is 18.5. The van der Waals surface area contributed by atoms with Gasteiger partial charge in [-0.3, -0.25) is 9.69 Å². The number of amides is 1. The molecule has 0 spiro atoms. The van der Waals surface area contributed by atoms with E-state index in [9.17, 15) is 4.79 Å². The molecule has 0 unspecified atom stereocenters. The first-order valence-electron chi connectivity index (χ1n) is 6.51. The third kappa shape index (κ3) is 4.56. The van der Waals surface area contributed by atoms with Crippen molar-refractivity contribution in [3.63, 3.8) is 0 Å². The third-order valence-electron chi connectivity index (χ3n) is 3.13. The van der Waals surface area contributed by atoms with Crippen molar-refractivity contribution >= 4 is 27.5 Å². The molecule has 0 aliphatic carbocycles. The molecule has 1 saturated heterocycles. The van der Waals surface area contributed by atoms with Gasteiger partial charge in [0.25, 0.3) is 0 Å². The minimum Gasteiger partial charge on any atom is -0.323 e. The Morgan fingerprint density at radius 1 is 1.47 bits per heavy atom. The molecule has 1 aromatic heterocycles. The van der Waals surface area contributed by atoms with Gasteiger partial charge >= 0.3 is 0 Å². The standard InChI is InChI=1S/C13H19BrN4O/c1-10-11(3-4-12(14)16-10)17-13(19)9-18-7-2-5-15-6-8-18/h3-4,15H,2,5-9H2,1H3,(H,17,19). The second-order valence-corrected chi connectivity index (χ2v) is 5.51. The maximum Gasteiger partial charge on any atom is 0.238 e. The Bertz CT molecular complexity index is 444. The van der Waals surface area contributed by atoms with E-state index in [4.69, 9.17) is 0 Å². The number of hydrogen-bond donors (Lipinski definition) is 2. The topological polar surface area (TPSA) is 57.3 Å². The SMILES string of the molecule is Cc1nc(Br)ccc1NC(=O)CN1CCCNCC1. The molecule has 2 N–H and O–H groups in total. The fourth-order valence-corrected chi connectivity index (χ4v) is 2.51. The van der Waals surface area contributed by atoms with E-state index in [1.54, 1.807) is 0 Å². The van der Waals surface area contributed by atoms with Crippen LogP contribution in [0.25, 0.3) is 0 Å². The molecule has 0 aromatic carbocycles. The van der Waals surface area contributed by atoms with Crippen molar-refractivity contribution in [1.29, 1.82) is 0 Å². The molecule has 1 fully saturated rings. The van der Waals surface area contributed by atoms with Crippen molar-refractivity contribution in [2.75, 3.05) is 38.0 Å². The van der Waals surface area contributed by atoms with Crippen LogP contribution in [-0.2, 0) is 4.79 Å². The van der Waals surface area contributed by atoms with Crippen molar-refractivity contribution in [3.05, 3.63) is 22.4 Å². The fraction of sp³-hybridized carbons (Fsp3) is 0.538. The number of carbonyl (C=O) groups excluding carboxylic acids is 1. The number of hydrogen-bond acceptors (Lipinski definition) is 4. The molecule has 5 nitrogen and oxygen atoms in total. The number of aryl methyl sites for hydroxylation is 1. The maximum atomic E-state index is 12.0. The van der Waals surface area contributed by atoms with E-state index in [-0.39, 0.29) is 5.91 Å². The zero-order chi connectivity index (χ0) is 13.7. The van der Waals surface area contributed by atoms with E-state index in [1.807, 2.05) is 19.1 Å². The first kappa shape index (κ1) is 14.4. The number of aromatic nitrogens is 1. The number of rotatable bonds is 3. The molecule has 2 rings (SSSR count). The van der Waals surface area contributed by atoms with Crippen molar-refractivity contribution in [2.45, 2.75) is 13.3 Å². The average Bonchev–Trinajstić information content (AvgIpc) is 2.61. The number of anilines is 1. The molecule has 1 amide bonds. The van der Waals surface area contributed by atoms with Gasteiger partial charge in [0.15, 0.2) is 0 Å². The zero-order valence-electron chi connectivity index (χ0n) is 11.1. The number of carbonyl (C=O) groups is 1. The molecular weight excluding hydrogens is 308 g/mol. The van der Waals surface area contributed by atoms with Crippen LogP contribution >= 0.6 is 15.9 Å². The van der Waals surface area contributed by atoms with E-state index >= 15 is 0 Å². The molecule has 0 bridgehead atoms. The van der Waals surface area contributed by atoms with E-state index in [2.05, 4.69) is 36.4 Å². The summed E-state index contributed by atoms with van der Waals surface area (Å²) in [5, 5.41) is 6.25. The summed E-state index contributed by atoms with van der Waals surface area (Å²) in [5.74, 6) is 0.0223. The summed E-state index contributed by atoms with van der Waals surface area (Å²) >= 11 is 3.31. The van der Waals surface area contributed by atoms with Gasteiger partial charge in [-0.15, -0.1) is 0 Å². The van der Waals surface area contributed by atoms with E-state index in [0.29, 0.717) is 6.54 Å². The highest BCUT2D eigenvalue weighted by Gasteiger charge is 2.13. The lowest BCUT2D eigenvalue weighted by molar-refractivity contribution is -0.117. The van der Waals surface area contributed by atoms with Gasteiger partial charge in [0.1, 0.15) is 4.60 Å². The maximum absolute atomic E-state index is 12.0. The van der Waals surface area contributed by atoms with Gasteiger partial charge in [-0.25, -0.2) is 4.98 Å². The lowest BCUT2D eigenvalue weighted by Gasteiger charge is -2.19. The van der Waals surface area contributed by atoms with E-state index in [0.717, 1.165) is 48.6 Å². The molecule has 1 aliphatic heterocycles. The normalized spacial score (nSPS) is 16.9. The zero-order valence-corrected chi connectivity index (χ0v) is 12.7. The van der Waals surface area contributed by atoms with Crippen molar-refractivity contribution in [3.8, 4) is 0 Å². The monoisotopic (exact) mass is 326 g/mol. The van der Waals surface area contributed by atoms with Gasteiger partial charge in [-0.1, -0.05) is 0 Å². The Balaban J connectivity index is 1.89. The average molecular weight is 327 g/mol. The molecule has 0 saturated carbocycles. The van der Waals surface area contributed by atoms with Gasteiger partial charge in [-0.05, 0) is 54.5 Å². The van der Waals surface area contributed by atoms with Crippen molar-refractivity contribution in [2.24, 2.45) is 0 Å². The predicted molar refractivity (Wildman–Crippen MR) is 79.2 cm³/mol.